The lowest BCUT2D eigenvalue weighted by atomic mass is 10.2. The molecular formula is C13H16N2O4. The van der Waals surface area contributed by atoms with Crippen LogP contribution in [0.2, 0.25) is 0 Å². The Balaban J connectivity index is 2.24. The summed E-state index contributed by atoms with van der Waals surface area (Å²) in [5.74, 6) is -0.210. The maximum Gasteiger partial charge on any atom is 0.339 e. The molecule has 0 saturated heterocycles. The maximum atomic E-state index is 12.0. The van der Waals surface area contributed by atoms with Gasteiger partial charge in [-0.25, -0.2) is 9.59 Å². The Hall–Kier alpha value is -2.24. The molecule has 0 radical (unpaired) electrons. The van der Waals surface area contributed by atoms with E-state index in [1.807, 2.05) is 6.92 Å². The average molecular weight is 264 g/mol. The van der Waals surface area contributed by atoms with Crippen LogP contribution in [-0.2, 0) is 13.1 Å². The number of imidazole rings is 1. The SMILES string of the molecule is CCCn1ccn(Cc2cc(C(=O)O)c(C)o2)c1=O. The molecule has 0 atom stereocenters. The van der Waals surface area contributed by atoms with Crippen LogP contribution in [0.25, 0.3) is 0 Å². The molecule has 6 heteroatoms. The van der Waals surface area contributed by atoms with Crippen LogP contribution in [-0.4, -0.2) is 20.2 Å². The number of furan rings is 1. The summed E-state index contributed by atoms with van der Waals surface area (Å²) in [6.45, 7) is 4.50. The molecule has 0 aliphatic heterocycles. The van der Waals surface area contributed by atoms with Crippen molar-refractivity contribution < 1.29 is 14.3 Å². The van der Waals surface area contributed by atoms with E-state index in [9.17, 15) is 9.59 Å². The highest BCUT2D eigenvalue weighted by molar-refractivity contribution is 5.88. The third-order valence-corrected chi connectivity index (χ3v) is 2.91. The zero-order valence-corrected chi connectivity index (χ0v) is 10.9. The highest BCUT2D eigenvalue weighted by atomic mass is 16.4. The van der Waals surface area contributed by atoms with Crippen LogP contribution in [0.15, 0.2) is 27.7 Å². The molecule has 0 unspecified atom stereocenters. The minimum Gasteiger partial charge on any atom is -0.478 e. The van der Waals surface area contributed by atoms with Crippen molar-refractivity contribution in [3.05, 3.63) is 46.0 Å². The van der Waals surface area contributed by atoms with E-state index in [2.05, 4.69) is 0 Å². The smallest absolute Gasteiger partial charge is 0.339 e. The van der Waals surface area contributed by atoms with Crippen LogP contribution in [0.5, 0.6) is 0 Å². The van der Waals surface area contributed by atoms with Crippen molar-refractivity contribution in [3.8, 4) is 0 Å². The fourth-order valence-corrected chi connectivity index (χ4v) is 1.99. The summed E-state index contributed by atoms with van der Waals surface area (Å²) in [6.07, 6.45) is 4.28. The first-order chi connectivity index (χ1) is 9.02. The van der Waals surface area contributed by atoms with Gasteiger partial charge in [0.25, 0.3) is 0 Å². The number of aryl methyl sites for hydroxylation is 2. The van der Waals surface area contributed by atoms with Gasteiger partial charge in [-0.2, -0.15) is 0 Å². The van der Waals surface area contributed by atoms with Crippen molar-refractivity contribution >= 4 is 5.97 Å². The highest BCUT2D eigenvalue weighted by Gasteiger charge is 2.14. The van der Waals surface area contributed by atoms with Crippen LogP contribution in [0.4, 0.5) is 0 Å². The molecule has 0 aliphatic carbocycles. The van der Waals surface area contributed by atoms with Crippen LogP contribution >= 0.6 is 0 Å². The van der Waals surface area contributed by atoms with Gasteiger partial charge < -0.3 is 9.52 Å². The van der Waals surface area contributed by atoms with Gasteiger partial charge >= 0.3 is 11.7 Å². The number of carboxylic acid groups (broad SMARTS) is 1. The first-order valence-corrected chi connectivity index (χ1v) is 6.11. The summed E-state index contributed by atoms with van der Waals surface area (Å²) in [5, 5.41) is 8.94. The monoisotopic (exact) mass is 264 g/mol. The van der Waals surface area contributed by atoms with E-state index in [0.717, 1.165) is 6.42 Å². The summed E-state index contributed by atoms with van der Waals surface area (Å²) in [4.78, 5) is 22.9. The standard InChI is InChI=1S/C13H16N2O4/c1-3-4-14-5-6-15(13(14)18)8-10-7-11(12(16)17)9(2)19-10/h5-7H,3-4,8H2,1-2H3,(H,16,17). The van der Waals surface area contributed by atoms with Gasteiger partial charge in [-0.1, -0.05) is 6.92 Å². The largest absolute Gasteiger partial charge is 0.478 e. The molecule has 0 fully saturated rings. The lowest BCUT2D eigenvalue weighted by molar-refractivity contribution is 0.0695. The van der Waals surface area contributed by atoms with E-state index in [1.54, 1.807) is 23.9 Å². The minimum atomic E-state index is -1.02. The summed E-state index contributed by atoms with van der Waals surface area (Å²) in [5.41, 5.74) is 0.0174. The van der Waals surface area contributed by atoms with Gasteiger partial charge in [0, 0.05) is 18.9 Å². The van der Waals surface area contributed by atoms with Crippen molar-refractivity contribution in [2.75, 3.05) is 0 Å². The minimum absolute atomic E-state index is 0.118. The van der Waals surface area contributed by atoms with E-state index >= 15 is 0 Å². The second kappa shape index (κ2) is 5.17. The predicted molar refractivity (Wildman–Crippen MR) is 68.5 cm³/mol. The Labute approximate surface area is 109 Å². The summed E-state index contributed by atoms with van der Waals surface area (Å²) < 4.78 is 8.47. The zero-order chi connectivity index (χ0) is 14.0. The Bertz CT molecular complexity index is 648. The number of aromatic carboxylic acids is 1. The molecule has 2 rings (SSSR count). The van der Waals surface area contributed by atoms with Crippen LogP contribution in [0, 0.1) is 6.92 Å². The quantitative estimate of drug-likeness (QED) is 0.891. The molecule has 0 saturated carbocycles. The Morgan fingerprint density at radius 1 is 1.37 bits per heavy atom. The second-order valence-corrected chi connectivity index (χ2v) is 4.39. The van der Waals surface area contributed by atoms with Gasteiger partial charge in [-0.15, -0.1) is 0 Å². The molecule has 2 heterocycles. The Morgan fingerprint density at radius 2 is 2.05 bits per heavy atom. The molecule has 0 amide bonds. The third kappa shape index (κ3) is 2.62. The van der Waals surface area contributed by atoms with Crippen LogP contribution in [0.1, 0.15) is 35.2 Å². The van der Waals surface area contributed by atoms with Crippen molar-refractivity contribution in [3.63, 3.8) is 0 Å². The number of carboxylic acids is 1. The van der Waals surface area contributed by atoms with Gasteiger partial charge in [-0.05, 0) is 19.4 Å². The van der Waals surface area contributed by atoms with E-state index in [1.165, 1.54) is 10.6 Å². The second-order valence-electron chi connectivity index (χ2n) is 4.39. The molecule has 0 aliphatic rings. The van der Waals surface area contributed by atoms with Gasteiger partial charge in [0.1, 0.15) is 17.1 Å². The van der Waals surface area contributed by atoms with E-state index in [4.69, 9.17) is 9.52 Å². The number of carbonyl (C=O) groups is 1. The molecule has 2 aromatic rings. The van der Waals surface area contributed by atoms with Crippen LogP contribution < -0.4 is 5.69 Å². The molecule has 0 aromatic carbocycles. The van der Waals surface area contributed by atoms with E-state index in [0.29, 0.717) is 18.1 Å². The molecule has 102 valence electrons. The fourth-order valence-electron chi connectivity index (χ4n) is 1.99. The van der Waals surface area contributed by atoms with Gasteiger partial charge in [0.05, 0.1) is 6.54 Å². The summed E-state index contributed by atoms with van der Waals surface area (Å²) in [6, 6.07) is 1.46. The molecule has 0 spiro atoms. The highest BCUT2D eigenvalue weighted by Crippen LogP contribution is 2.15. The van der Waals surface area contributed by atoms with Gasteiger partial charge in [0.2, 0.25) is 0 Å². The first kappa shape index (κ1) is 13.2. The first-order valence-electron chi connectivity index (χ1n) is 6.11. The van der Waals surface area contributed by atoms with Gasteiger partial charge in [0.15, 0.2) is 0 Å². The topological polar surface area (TPSA) is 77.4 Å². The van der Waals surface area contributed by atoms with Crippen LogP contribution in [0.3, 0.4) is 0 Å². The molecule has 0 bridgehead atoms. The molecular weight excluding hydrogens is 248 g/mol. The van der Waals surface area contributed by atoms with Crippen molar-refractivity contribution in [1.29, 1.82) is 0 Å². The Morgan fingerprint density at radius 3 is 2.63 bits per heavy atom. The average Bonchev–Trinajstić information content (AvgIpc) is 2.87. The molecule has 1 N–H and O–H groups in total. The summed E-state index contributed by atoms with van der Waals surface area (Å²) >= 11 is 0. The normalized spacial score (nSPS) is 10.8. The number of nitrogens with zero attached hydrogens (tertiary/aromatic N) is 2. The number of hydrogen-bond donors (Lipinski definition) is 1. The maximum absolute atomic E-state index is 12.0. The lowest BCUT2D eigenvalue weighted by Crippen LogP contribution is -2.24. The molecule has 19 heavy (non-hydrogen) atoms. The van der Waals surface area contributed by atoms with E-state index in [-0.39, 0.29) is 17.8 Å². The molecule has 6 nitrogen and oxygen atoms in total. The van der Waals surface area contributed by atoms with Crippen molar-refractivity contribution in [2.45, 2.75) is 33.4 Å². The van der Waals surface area contributed by atoms with Gasteiger partial charge in [-0.3, -0.25) is 9.13 Å². The zero-order valence-electron chi connectivity index (χ0n) is 10.9. The lowest BCUT2D eigenvalue weighted by Gasteiger charge is -1.98. The number of hydrogen-bond acceptors (Lipinski definition) is 3. The number of rotatable bonds is 5. The predicted octanol–water partition coefficient (Wildman–Crippen LogP) is 1.71. The number of aromatic nitrogens is 2. The van der Waals surface area contributed by atoms with Crippen molar-refractivity contribution in [1.82, 2.24) is 9.13 Å². The third-order valence-electron chi connectivity index (χ3n) is 2.91. The Kier molecular flexibility index (Phi) is 3.59. The fraction of sp³-hybridized carbons (Fsp3) is 0.385. The van der Waals surface area contributed by atoms with Crippen molar-refractivity contribution in [2.24, 2.45) is 0 Å². The summed E-state index contributed by atoms with van der Waals surface area (Å²) in [7, 11) is 0. The van der Waals surface area contributed by atoms with E-state index < -0.39 is 5.97 Å². The molecule has 2 aromatic heterocycles.